The van der Waals surface area contributed by atoms with E-state index in [-0.39, 0.29) is 22.5 Å². The highest BCUT2D eigenvalue weighted by atomic mass is 19.1. The van der Waals surface area contributed by atoms with Crippen molar-refractivity contribution in [2.45, 2.75) is 39.8 Å². The summed E-state index contributed by atoms with van der Waals surface area (Å²) >= 11 is 0. The first-order valence-corrected chi connectivity index (χ1v) is 14.3. The van der Waals surface area contributed by atoms with Crippen LogP contribution in [0.1, 0.15) is 48.5 Å². The minimum atomic E-state index is -0.658. The number of methoxy groups -OCH3 is 1. The smallest absolute Gasteiger partial charge is 0.274 e. The summed E-state index contributed by atoms with van der Waals surface area (Å²) in [7, 11) is 1.70. The van der Waals surface area contributed by atoms with Crippen molar-refractivity contribution in [1.82, 2.24) is 29.4 Å². The van der Waals surface area contributed by atoms with E-state index in [1.54, 1.807) is 23.9 Å². The predicted molar refractivity (Wildman–Crippen MR) is 163 cm³/mol. The summed E-state index contributed by atoms with van der Waals surface area (Å²) in [6, 6.07) is 7.56. The second kappa shape index (κ2) is 14.4. The Kier molecular flexibility index (Phi) is 10.6. The van der Waals surface area contributed by atoms with Gasteiger partial charge in [-0.3, -0.25) is 23.6 Å². The molecule has 4 rings (SSSR count). The number of ether oxygens (including phenoxy) is 2. The van der Waals surface area contributed by atoms with E-state index in [4.69, 9.17) is 9.47 Å². The van der Waals surface area contributed by atoms with Gasteiger partial charge < -0.3 is 20.1 Å². The maximum Gasteiger partial charge on any atom is 0.274 e. The van der Waals surface area contributed by atoms with Crippen molar-refractivity contribution in [2.24, 2.45) is 0 Å². The van der Waals surface area contributed by atoms with Crippen molar-refractivity contribution in [2.75, 3.05) is 51.8 Å². The van der Waals surface area contributed by atoms with E-state index in [1.807, 2.05) is 43.8 Å². The molecule has 12 heteroatoms. The van der Waals surface area contributed by atoms with Crippen molar-refractivity contribution in [3.63, 3.8) is 0 Å². The maximum absolute atomic E-state index is 14.6. The van der Waals surface area contributed by atoms with E-state index >= 15 is 0 Å². The molecule has 0 saturated heterocycles. The highest BCUT2D eigenvalue weighted by Gasteiger charge is 2.17. The van der Waals surface area contributed by atoms with Gasteiger partial charge in [0.1, 0.15) is 17.2 Å². The Morgan fingerprint density at radius 3 is 2.60 bits per heavy atom. The molecule has 0 atom stereocenters. The number of fused-ring (bicyclic) bond motifs is 1. The molecule has 0 aliphatic rings. The number of imidazole rings is 1. The highest BCUT2D eigenvalue weighted by molar-refractivity contribution is 6.04. The fourth-order valence-corrected chi connectivity index (χ4v) is 4.43. The van der Waals surface area contributed by atoms with E-state index < -0.39 is 17.6 Å². The third-order valence-corrected chi connectivity index (χ3v) is 6.82. The van der Waals surface area contributed by atoms with E-state index in [1.165, 1.54) is 18.3 Å². The average Bonchev–Trinajstić information content (AvgIpc) is 3.63. The van der Waals surface area contributed by atoms with Crippen LogP contribution in [0.2, 0.25) is 0 Å². The number of aromatic nitrogens is 4. The summed E-state index contributed by atoms with van der Waals surface area (Å²) in [4.78, 5) is 32.4. The Bertz CT molecular complexity index is 1540. The quantitative estimate of drug-likeness (QED) is 0.212. The van der Waals surface area contributed by atoms with Crippen LogP contribution in [0.15, 0.2) is 55.1 Å². The molecule has 4 aromatic rings. The van der Waals surface area contributed by atoms with Gasteiger partial charge in [-0.05, 0) is 63.2 Å². The Labute approximate surface area is 251 Å². The van der Waals surface area contributed by atoms with Gasteiger partial charge in [-0.15, -0.1) is 0 Å². The van der Waals surface area contributed by atoms with E-state index in [9.17, 15) is 14.0 Å². The van der Waals surface area contributed by atoms with Gasteiger partial charge in [0.05, 0.1) is 43.4 Å². The van der Waals surface area contributed by atoms with Crippen molar-refractivity contribution >= 4 is 23.1 Å². The number of hydrogen-bond acceptors (Lipinski definition) is 7. The molecule has 0 saturated carbocycles. The third-order valence-electron chi connectivity index (χ3n) is 6.82. The zero-order valence-electron chi connectivity index (χ0n) is 25.4. The maximum atomic E-state index is 14.6. The fraction of sp³-hybridized carbons (Fsp3) is 0.419. The molecule has 0 spiro atoms. The van der Waals surface area contributed by atoms with Gasteiger partial charge in [-0.25, -0.2) is 9.37 Å². The second-order valence-electron chi connectivity index (χ2n) is 11.1. The summed E-state index contributed by atoms with van der Waals surface area (Å²) in [6.45, 7) is 12.6. The van der Waals surface area contributed by atoms with Gasteiger partial charge in [0.25, 0.3) is 11.8 Å². The van der Waals surface area contributed by atoms with Crippen molar-refractivity contribution in [3.8, 4) is 11.1 Å². The van der Waals surface area contributed by atoms with Crippen LogP contribution in [0.4, 0.5) is 10.1 Å². The first kappa shape index (κ1) is 31.8. The molecule has 230 valence electrons. The standard InChI is InChI=1S/C31H40FN7O4/c1-6-37(14-16-42-5)12-13-38-21-24(19-35-38)22-9-11-39-27(20-34-28(39)18-22)30(41)36-26-17-23(7-8-25(26)32)29(40)33-10-15-43-31(2,3)4/h7-9,11,17-21H,6,10,12-16H2,1-5H3,(H,33,40)(H,36,41). The minimum Gasteiger partial charge on any atom is -0.383 e. The number of benzene rings is 1. The summed E-state index contributed by atoms with van der Waals surface area (Å²) in [5.41, 5.74) is 2.40. The van der Waals surface area contributed by atoms with Gasteiger partial charge in [-0.1, -0.05) is 6.92 Å². The predicted octanol–water partition coefficient (Wildman–Crippen LogP) is 4.10. The molecule has 0 fully saturated rings. The van der Waals surface area contributed by atoms with Crippen LogP contribution in [0, 0.1) is 5.82 Å². The van der Waals surface area contributed by atoms with E-state index in [0.29, 0.717) is 25.4 Å². The molecule has 3 heterocycles. The van der Waals surface area contributed by atoms with Crippen LogP contribution in [-0.2, 0) is 16.0 Å². The summed E-state index contributed by atoms with van der Waals surface area (Å²) in [6.07, 6.45) is 6.96. The molecular formula is C31H40FN7O4. The number of hydrogen-bond donors (Lipinski definition) is 2. The first-order chi connectivity index (χ1) is 20.6. The van der Waals surface area contributed by atoms with Gasteiger partial charge in [0.15, 0.2) is 0 Å². The number of carbonyl (C=O) groups is 2. The monoisotopic (exact) mass is 593 g/mol. The van der Waals surface area contributed by atoms with Gasteiger partial charge in [-0.2, -0.15) is 5.10 Å². The fourth-order valence-electron chi connectivity index (χ4n) is 4.43. The molecule has 0 aliphatic carbocycles. The molecule has 0 aliphatic heterocycles. The topological polar surface area (TPSA) is 115 Å². The van der Waals surface area contributed by atoms with Crippen molar-refractivity contribution in [3.05, 3.63) is 72.2 Å². The average molecular weight is 594 g/mol. The highest BCUT2D eigenvalue weighted by Crippen LogP contribution is 2.22. The Balaban J connectivity index is 1.40. The number of likely N-dealkylation sites (N-methyl/N-ethyl adjacent to an activating group) is 1. The summed E-state index contributed by atoms with van der Waals surface area (Å²) in [5.74, 6) is -1.61. The summed E-state index contributed by atoms with van der Waals surface area (Å²) < 4.78 is 28.9. The van der Waals surface area contributed by atoms with Crippen LogP contribution in [-0.4, -0.2) is 88.0 Å². The lowest BCUT2D eigenvalue weighted by Gasteiger charge is -2.19. The Hall–Kier alpha value is -4.13. The zero-order chi connectivity index (χ0) is 31.0. The van der Waals surface area contributed by atoms with Crippen LogP contribution in [0.25, 0.3) is 16.8 Å². The number of carbonyl (C=O) groups excluding carboxylic acids is 2. The lowest BCUT2D eigenvalue weighted by Crippen LogP contribution is -2.30. The van der Waals surface area contributed by atoms with Gasteiger partial charge in [0.2, 0.25) is 0 Å². The van der Waals surface area contributed by atoms with Crippen molar-refractivity contribution in [1.29, 1.82) is 0 Å². The molecular weight excluding hydrogens is 553 g/mol. The molecule has 1 aromatic carbocycles. The lowest BCUT2D eigenvalue weighted by molar-refractivity contribution is -0.000655. The molecule has 11 nitrogen and oxygen atoms in total. The Morgan fingerprint density at radius 2 is 1.86 bits per heavy atom. The molecule has 43 heavy (non-hydrogen) atoms. The molecule has 2 N–H and O–H groups in total. The minimum absolute atomic E-state index is 0.105. The zero-order valence-corrected chi connectivity index (χ0v) is 25.4. The third kappa shape index (κ3) is 8.69. The molecule has 0 unspecified atom stereocenters. The SMILES string of the molecule is CCN(CCOC)CCn1cc(-c2ccn3c(C(=O)Nc4cc(C(=O)NCCOC(C)(C)C)ccc4F)cnc3c2)cn1. The van der Waals surface area contributed by atoms with Crippen molar-refractivity contribution < 1.29 is 23.5 Å². The van der Waals surface area contributed by atoms with Crippen LogP contribution < -0.4 is 10.6 Å². The largest absolute Gasteiger partial charge is 0.383 e. The number of rotatable bonds is 14. The van der Waals surface area contributed by atoms with Crippen LogP contribution in [0.3, 0.4) is 0 Å². The number of halogens is 1. The molecule has 0 bridgehead atoms. The summed E-state index contributed by atoms with van der Waals surface area (Å²) in [5, 5.41) is 9.81. The number of nitrogens with zero attached hydrogens (tertiary/aromatic N) is 5. The molecule has 0 radical (unpaired) electrons. The second-order valence-corrected chi connectivity index (χ2v) is 11.1. The molecule has 3 aromatic heterocycles. The number of anilines is 1. The molecule has 2 amide bonds. The van der Waals surface area contributed by atoms with Crippen LogP contribution >= 0.6 is 0 Å². The van der Waals surface area contributed by atoms with E-state index in [2.05, 4.69) is 32.5 Å². The van der Waals surface area contributed by atoms with Crippen LogP contribution in [0.5, 0.6) is 0 Å². The number of pyridine rings is 1. The van der Waals surface area contributed by atoms with Gasteiger partial charge in [0, 0.05) is 50.3 Å². The van der Waals surface area contributed by atoms with E-state index in [0.717, 1.165) is 43.4 Å². The first-order valence-electron chi connectivity index (χ1n) is 14.3. The van der Waals surface area contributed by atoms with Gasteiger partial charge >= 0.3 is 0 Å². The Morgan fingerprint density at radius 1 is 1.05 bits per heavy atom. The number of nitrogens with one attached hydrogen (secondary N) is 2. The lowest BCUT2D eigenvalue weighted by atomic mass is 10.1. The normalized spacial score (nSPS) is 11.8. The number of amides is 2.